The van der Waals surface area contributed by atoms with E-state index in [1.54, 1.807) is 24.3 Å². The van der Waals surface area contributed by atoms with Crippen molar-refractivity contribution < 1.29 is 17.6 Å². The third-order valence-corrected chi connectivity index (χ3v) is 12.2. The van der Waals surface area contributed by atoms with E-state index < -0.39 is 24.4 Å². The minimum absolute atomic E-state index is 0.0519. The van der Waals surface area contributed by atoms with Gasteiger partial charge < -0.3 is 9.22 Å². The molecule has 0 bridgehead atoms. The summed E-state index contributed by atoms with van der Waals surface area (Å²) in [4.78, 5) is 11.7. The van der Waals surface area contributed by atoms with Gasteiger partial charge >= 0.3 is 0 Å². The number of carbonyl (C=O) groups excluding carboxylic acids is 1. The minimum Gasteiger partial charge on any atom is -0.415 e. The van der Waals surface area contributed by atoms with Crippen molar-refractivity contribution in [2.24, 2.45) is 0 Å². The van der Waals surface area contributed by atoms with Crippen molar-refractivity contribution in [1.29, 1.82) is 0 Å². The normalized spacial score (nSPS) is 22.5. The Kier molecular flexibility index (Phi) is 6.17. The molecule has 1 aromatic rings. The van der Waals surface area contributed by atoms with E-state index in [9.17, 15) is 13.2 Å². The highest BCUT2D eigenvalue weighted by atomic mass is 32.2. The molecule has 2 atom stereocenters. The van der Waals surface area contributed by atoms with E-state index >= 15 is 0 Å². The van der Waals surface area contributed by atoms with E-state index in [2.05, 4.69) is 33.9 Å². The zero-order valence-corrected chi connectivity index (χ0v) is 18.5. The van der Waals surface area contributed by atoms with Crippen LogP contribution in [0.15, 0.2) is 29.2 Å². The van der Waals surface area contributed by atoms with Gasteiger partial charge in [0.05, 0.1) is 17.5 Å². The molecule has 0 saturated carbocycles. The lowest BCUT2D eigenvalue weighted by atomic mass is 10.2. The molecule has 146 valence electrons. The molecule has 5 nitrogen and oxygen atoms in total. The molecule has 7 heteroatoms. The van der Waals surface area contributed by atoms with Gasteiger partial charge in [-0.25, -0.2) is 8.42 Å². The third kappa shape index (κ3) is 4.27. The van der Waals surface area contributed by atoms with Gasteiger partial charge in [0.25, 0.3) is 0 Å². The van der Waals surface area contributed by atoms with Crippen LogP contribution in [0.5, 0.6) is 0 Å². The highest BCUT2D eigenvalue weighted by Crippen LogP contribution is 2.38. The van der Waals surface area contributed by atoms with Gasteiger partial charge in [-0.05, 0) is 50.0 Å². The van der Waals surface area contributed by atoms with Gasteiger partial charge in [0.15, 0.2) is 8.32 Å². The standard InChI is InChI=1S/C19H31NO4SSi/c1-15-7-11-18(12-8-15)25(22,23)20-16(13-21)9-10-17(20)14-24-26(5,6)19(2,3)4/h7-8,11-13,16-17H,9-10,14H2,1-6H3/t16-,17+/m0/s1. The minimum atomic E-state index is -3.73. The van der Waals surface area contributed by atoms with E-state index in [1.165, 1.54) is 4.31 Å². The number of sulfonamides is 1. The summed E-state index contributed by atoms with van der Waals surface area (Å²) in [6.45, 7) is 13.0. The zero-order chi connectivity index (χ0) is 19.8. The van der Waals surface area contributed by atoms with Crippen LogP contribution >= 0.6 is 0 Å². The SMILES string of the molecule is Cc1ccc(S(=O)(=O)N2[C@@H](CO[Si](C)(C)C(C)(C)C)CC[C@H]2C=O)cc1. The fraction of sp³-hybridized carbons (Fsp3) is 0.632. The first-order chi connectivity index (χ1) is 11.9. The van der Waals surface area contributed by atoms with E-state index in [-0.39, 0.29) is 16.0 Å². The molecule has 1 aliphatic heterocycles. The lowest BCUT2D eigenvalue weighted by Gasteiger charge is -2.38. The molecule has 1 fully saturated rings. The number of benzene rings is 1. The van der Waals surface area contributed by atoms with Crippen LogP contribution in [-0.2, 0) is 19.2 Å². The lowest BCUT2D eigenvalue weighted by molar-refractivity contribution is -0.110. The van der Waals surface area contributed by atoms with E-state index in [1.807, 2.05) is 6.92 Å². The molecule has 1 saturated heterocycles. The fourth-order valence-electron chi connectivity index (χ4n) is 2.90. The number of carbonyl (C=O) groups is 1. The summed E-state index contributed by atoms with van der Waals surface area (Å²) in [5.41, 5.74) is 0.995. The summed E-state index contributed by atoms with van der Waals surface area (Å²) in [7, 11) is -5.72. The number of hydrogen-bond donors (Lipinski definition) is 0. The number of nitrogens with zero attached hydrogens (tertiary/aromatic N) is 1. The Morgan fingerprint density at radius 1 is 1.19 bits per heavy atom. The van der Waals surface area contributed by atoms with Gasteiger partial charge in [0.1, 0.15) is 6.29 Å². The first-order valence-corrected chi connectivity index (χ1v) is 13.4. The first kappa shape index (κ1) is 21.3. The molecule has 26 heavy (non-hydrogen) atoms. The van der Waals surface area contributed by atoms with E-state index in [0.717, 1.165) is 11.8 Å². The van der Waals surface area contributed by atoms with Crippen molar-refractivity contribution in [2.45, 2.75) is 75.6 Å². The molecule has 0 radical (unpaired) electrons. The van der Waals surface area contributed by atoms with Crippen molar-refractivity contribution in [1.82, 2.24) is 4.31 Å². The van der Waals surface area contributed by atoms with Gasteiger partial charge in [-0.15, -0.1) is 0 Å². The molecule has 0 spiro atoms. The van der Waals surface area contributed by atoms with Crippen molar-refractivity contribution in [3.05, 3.63) is 29.8 Å². The summed E-state index contributed by atoms with van der Waals surface area (Å²) >= 11 is 0. The molecular weight excluding hydrogens is 366 g/mol. The van der Waals surface area contributed by atoms with E-state index in [0.29, 0.717) is 19.4 Å². The molecule has 0 aliphatic carbocycles. The average molecular weight is 398 g/mol. The predicted octanol–water partition coefficient (Wildman–Crippen LogP) is 3.74. The Labute approximate surface area is 158 Å². The maximum atomic E-state index is 13.2. The largest absolute Gasteiger partial charge is 0.415 e. The Morgan fingerprint density at radius 3 is 2.27 bits per heavy atom. The van der Waals surface area contributed by atoms with Crippen LogP contribution in [0.2, 0.25) is 18.1 Å². The van der Waals surface area contributed by atoms with Crippen LogP contribution in [0.4, 0.5) is 0 Å². The third-order valence-electron chi connectivity index (χ3n) is 5.68. The molecule has 0 amide bonds. The molecule has 0 unspecified atom stereocenters. The molecular formula is C19H31NO4SSi. The van der Waals surface area contributed by atoms with Crippen molar-refractivity contribution >= 4 is 24.6 Å². The van der Waals surface area contributed by atoms with Crippen LogP contribution in [0.25, 0.3) is 0 Å². The molecule has 1 heterocycles. The van der Waals surface area contributed by atoms with Crippen molar-refractivity contribution in [3.63, 3.8) is 0 Å². The van der Waals surface area contributed by atoms with Crippen LogP contribution < -0.4 is 0 Å². The second-order valence-electron chi connectivity index (χ2n) is 8.65. The number of rotatable bonds is 6. The monoisotopic (exact) mass is 397 g/mol. The van der Waals surface area contributed by atoms with Crippen LogP contribution in [0, 0.1) is 6.92 Å². The van der Waals surface area contributed by atoms with Crippen LogP contribution in [0.1, 0.15) is 39.2 Å². The Morgan fingerprint density at radius 2 is 1.77 bits per heavy atom. The topological polar surface area (TPSA) is 63.7 Å². The summed E-state index contributed by atoms with van der Waals surface area (Å²) in [5.74, 6) is 0. The van der Waals surface area contributed by atoms with Crippen molar-refractivity contribution in [2.75, 3.05) is 6.61 Å². The predicted molar refractivity (Wildman–Crippen MR) is 106 cm³/mol. The molecule has 0 N–H and O–H groups in total. The average Bonchev–Trinajstić information content (AvgIpc) is 2.96. The van der Waals surface area contributed by atoms with Gasteiger partial charge in [-0.2, -0.15) is 4.31 Å². The number of hydrogen-bond acceptors (Lipinski definition) is 4. The number of aldehydes is 1. The molecule has 1 aliphatic rings. The smallest absolute Gasteiger partial charge is 0.244 e. The fourth-order valence-corrected chi connectivity index (χ4v) is 5.74. The van der Waals surface area contributed by atoms with Gasteiger partial charge in [0.2, 0.25) is 10.0 Å². The zero-order valence-electron chi connectivity index (χ0n) is 16.7. The summed E-state index contributed by atoms with van der Waals surface area (Å²) in [6.07, 6.45) is 1.93. The highest BCUT2D eigenvalue weighted by Gasteiger charge is 2.44. The van der Waals surface area contributed by atoms with E-state index in [4.69, 9.17) is 4.43 Å². The molecule has 0 aromatic heterocycles. The lowest BCUT2D eigenvalue weighted by Crippen LogP contribution is -2.48. The Balaban J connectivity index is 2.27. The van der Waals surface area contributed by atoms with Crippen molar-refractivity contribution in [3.8, 4) is 0 Å². The first-order valence-electron chi connectivity index (χ1n) is 9.09. The second-order valence-corrected chi connectivity index (χ2v) is 15.3. The Bertz CT molecular complexity index is 738. The highest BCUT2D eigenvalue weighted by molar-refractivity contribution is 7.89. The van der Waals surface area contributed by atoms with Crippen LogP contribution in [-0.4, -0.2) is 46.0 Å². The summed E-state index contributed by atoms with van der Waals surface area (Å²) < 4.78 is 34.0. The number of aryl methyl sites for hydroxylation is 1. The second kappa shape index (κ2) is 7.54. The van der Waals surface area contributed by atoms with Gasteiger partial charge in [-0.3, -0.25) is 0 Å². The molecule has 2 rings (SSSR count). The van der Waals surface area contributed by atoms with Gasteiger partial charge in [0, 0.05) is 6.04 Å². The maximum Gasteiger partial charge on any atom is 0.244 e. The quantitative estimate of drug-likeness (QED) is 0.542. The van der Waals surface area contributed by atoms with Gasteiger partial charge in [-0.1, -0.05) is 38.5 Å². The summed E-state index contributed by atoms with van der Waals surface area (Å²) in [5, 5.41) is 0.0519. The maximum absolute atomic E-state index is 13.2. The van der Waals surface area contributed by atoms with Crippen LogP contribution in [0.3, 0.4) is 0 Å². The Hall–Kier alpha value is -1.02. The molecule has 1 aromatic carbocycles. The summed E-state index contributed by atoms with van der Waals surface area (Å²) in [6, 6.07) is 5.85.